The van der Waals surface area contributed by atoms with E-state index in [-0.39, 0.29) is 18.0 Å². The molecule has 1 amide bonds. The molecule has 0 saturated carbocycles. The molecule has 7 heteroatoms. The quantitative estimate of drug-likeness (QED) is 0.487. The fourth-order valence-corrected chi connectivity index (χ4v) is 3.46. The molecule has 32 heavy (non-hydrogen) atoms. The summed E-state index contributed by atoms with van der Waals surface area (Å²) in [6, 6.07) is 18.0. The molecule has 2 aromatic heterocycles. The summed E-state index contributed by atoms with van der Waals surface area (Å²) in [5, 5.41) is 3.62. The van der Waals surface area contributed by atoms with Crippen LogP contribution in [0.25, 0.3) is 10.9 Å². The minimum absolute atomic E-state index is 0.230. The van der Waals surface area contributed by atoms with E-state index in [1.165, 1.54) is 10.6 Å². The van der Waals surface area contributed by atoms with Crippen LogP contribution in [-0.2, 0) is 20.2 Å². The summed E-state index contributed by atoms with van der Waals surface area (Å²) in [6.45, 7) is 0.675. The number of para-hydroxylation sites is 1. The van der Waals surface area contributed by atoms with Gasteiger partial charge in [0.1, 0.15) is 6.61 Å². The molecule has 0 radical (unpaired) electrons. The van der Waals surface area contributed by atoms with Gasteiger partial charge in [0, 0.05) is 37.4 Å². The number of methoxy groups -OCH3 is 1. The summed E-state index contributed by atoms with van der Waals surface area (Å²) in [5.74, 6) is 0.873. The molecular formula is C25H23N3O4. The van der Waals surface area contributed by atoms with Crippen molar-refractivity contribution in [1.29, 1.82) is 0 Å². The second-order valence-electron chi connectivity index (χ2n) is 7.28. The van der Waals surface area contributed by atoms with E-state index in [4.69, 9.17) is 9.47 Å². The highest BCUT2D eigenvalue weighted by atomic mass is 16.5. The van der Waals surface area contributed by atoms with Gasteiger partial charge >= 0.3 is 0 Å². The smallest absolute Gasteiger partial charge is 0.252 e. The number of carbonyl (C=O) groups is 1. The zero-order valence-corrected chi connectivity index (χ0v) is 17.9. The van der Waals surface area contributed by atoms with Gasteiger partial charge in [-0.2, -0.15) is 0 Å². The van der Waals surface area contributed by atoms with E-state index in [0.29, 0.717) is 29.2 Å². The van der Waals surface area contributed by atoms with Crippen LogP contribution in [0.4, 0.5) is 0 Å². The third-order valence-electron chi connectivity index (χ3n) is 5.22. The normalized spacial score (nSPS) is 10.7. The van der Waals surface area contributed by atoms with Crippen LogP contribution in [0.15, 0.2) is 77.9 Å². The maximum atomic E-state index is 12.9. The Kier molecular flexibility index (Phi) is 6.17. The average Bonchev–Trinajstić information content (AvgIpc) is 2.84. The molecular weight excluding hydrogens is 406 g/mol. The van der Waals surface area contributed by atoms with E-state index in [1.807, 2.05) is 54.6 Å². The second-order valence-corrected chi connectivity index (χ2v) is 7.28. The minimum atomic E-state index is -0.309. The summed E-state index contributed by atoms with van der Waals surface area (Å²) in [6.07, 6.45) is 3.43. The molecule has 0 aliphatic rings. The van der Waals surface area contributed by atoms with E-state index in [1.54, 1.807) is 26.6 Å². The molecule has 0 aliphatic heterocycles. The van der Waals surface area contributed by atoms with Gasteiger partial charge in [-0.25, -0.2) is 0 Å². The number of carbonyl (C=O) groups excluding carboxylic acids is 1. The predicted octanol–water partition coefficient (Wildman–Crippen LogP) is 3.45. The van der Waals surface area contributed by atoms with Crippen molar-refractivity contribution < 1.29 is 14.3 Å². The van der Waals surface area contributed by atoms with Gasteiger partial charge in [-0.3, -0.25) is 14.6 Å². The van der Waals surface area contributed by atoms with Crippen molar-refractivity contribution in [3.8, 4) is 11.5 Å². The average molecular weight is 429 g/mol. The number of rotatable bonds is 7. The number of nitrogens with zero attached hydrogens (tertiary/aromatic N) is 2. The first-order chi connectivity index (χ1) is 15.6. The van der Waals surface area contributed by atoms with E-state index in [2.05, 4.69) is 10.3 Å². The van der Waals surface area contributed by atoms with Gasteiger partial charge in [0.05, 0.1) is 18.2 Å². The van der Waals surface area contributed by atoms with Crippen molar-refractivity contribution in [3.63, 3.8) is 0 Å². The molecule has 2 heterocycles. The lowest BCUT2D eigenvalue weighted by atomic mass is 10.1. The summed E-state index contributed by atoms with van der Waals surface area (Å²) in [7, 11) is 3.26. The van der Waals surface area contributed by atoms with E-state index >= 15 is 0 Å². The Morgan fingerprint density at radius 1 is 1.00 bits per heavy atom. The van der Waals surface area contributed by atoms with Crippen molar-refractivity contribution in [2.24, 2.45) is 7.05 Å². The number of aryl methyl sites for hydroxylation is 1. The second kappa shape index (κ2) is 9.34. The number of ether oxygens (including phenoxy) is 2. The van der Waals surface area contributed by atoms with Crippen LogP contribution in [0.5, 0.6) is 11.5 Å². The minimum Gasteiger partial charge on any atom is -0.493 e. The maximum Gasteiger partial charge on any atom is 0.252 e. The number of nitrogens with one attached hydrogen (secondary N) is 1. The lowest BCUT2D eigenvalue weighted by molar-refractivity contribution is 0.0952. The number of benzene rings is 2. The number of hydrogen-bond donors (Lipinski definition) is 1. The van der Waals surface area contributed by atoms with Gasteiger partial charge in [-0.05, 0) is 41.5 Å². The van der Waals surface area contributed by atoms with Crippen LogP contribution in [0, 0.1) is 0 Å². The maximum absolute atomic E-state index is 12.9. The zero-order chi connectivity index (χ0) is 22.5. The fourth-order valence-electron chi connectivity index (χ4n) is 3.46. The van der Waals surface area contributed by atoms with Gasteiger partial charge in [-0.1, -0.05) is 24.3 Å². The molecule has 4 aromatic rings. The molecule has 4 rings (SSSR count). The Balaban J connectivity index is 1.48. The van der Waals surface area contributed by atoms with Gasteiger partial charge < -0.3 is 19.4 Å². The molecule has 0 aliphatic carbocycles. The highest BCUT2D eigenvalue weighted by molar-refractivity contribution is 6.06. The number of fused-ring (bicyclic) bond motifs is 1. The van der Waals surface area contributed by atoms with Crippen LogP contribution in [0.2, 0.25) is 0 Å². The summed E-state index contributed by atoms with van der Waals surface area (Å²) in [5.41, 5.74) is 2.68. The third-order valence-corrected chi connectivity index (χ3v) is 5.22. The van der Waals surface area contributed by atoms with Crippen molar-refractivity contribution in [3.05, 3.63) is 100 Å². The number of amides is 1. The van der Waals surface area contributed by atoms with Crippen molar-refractivity contribution >= 4 is 16.8 Å². The van der Waals surface area contributed by atoms with Crippen LogP contribution in [0.3, 0.4) is 0 Å². The standard InChI is InChI=1S/C25H23N3O4/c1-28-21-6-4-3-5-19(21)20(14-24(28)29)25(30)27-15-18-7-8-22(23(13-18)31-2)32-16-17-9-11-26-12-10-17/h3-14H,15-16H2,1-2H3,(H,27,30). The Labute approximate surface area is 185 Å². The molecule has 0 bridgehead atoms. The summed E-state index contributed by atoms with van der Waals surface area (Å²) >= 11 is 0. The highest BCUT2D eigenvalue weighted by Crippen LogP contribution is 2.29. The highest BCUT2D eigenvalue weighted by Gasteiger charge is 2.14. The molecule has 0 spiro atoms. The van der Waals surface area contributed by atoms with Gasteiger partial charge in [0.25, 0.3) is 11.5 Å². The molecule has 1 N–H and O–H groups in total. The van der Waals surface area contributed by atoms with Gasteiger partial charge in [0.15, 0.2) is 11.5 Å². The number of aromatic nitrogens is 2. The first-order valence-electron chi connectivity index (χ1n) is 10.1. The van der Waals surface area contributed by atoms with Crippen molar-refractivity contribution in [2.75, 3.05) is 7.11 Å². The fraction of sp³-hybridized carbons (Fsp3) is 0.160. The van der Waals surface area contributed by atoms with Crippen molar-refractivity contribution in [2.45, 2.75) is 13.2 Å². The van der Waals surface area contributed by atoms with Crippen LogP contribution < -0.4 is 20.3 Å². The lowest BCUT2D eigenvalue weighted by Crippen LogP contribution is -2.26. The van der Waals surface area contributed by atoms with Gasteiger partial charge in [0.2, 0.25) is 0 Å². The molecule has 162 valence electrons. The lowest BCUT2D eigenvalue weighted by Gasteiger charge is -2.13. The number of pyridine rings is 2. The molecule has 2 aromatic carbocycles. The monoisotopic (exact) mass is 429 g/mol. The van der Waals surface area contributed by atoms with Crippen LogP contribution >= 0.6 is 0 Å². The summed E-state index contributed by atoms with van der Waals surface area (Å²) in [4.78, 5) is 29.1. The number of hydrogen-bond acceptors (Lipinski definition) is 5. The van der Waals surface area contributed by atoms with E-state index < -0.39 is 0 Å². The zero-order valence-electron chi connectivity index (χ0n) is 17.9. The molecule has 0 atom stereocenters. The first kappa shape index (κ1) is 21.1. The molecule has 0 saturated heterocycles. The van der Waals surface area contributed by atoms with E-state index in [9.17, 15) is 9.59 Å². The first-order valence-corrected chi connectivity index (χ1v) is 10.1. The summed E-state index contributed by atoms with van der Waals surface area (Å²) < 4.78 is 12.8. The van der Waals surface area contributed by atoms with E-state index in [0.717, 1.165) is 16.5 Å². The Morgan fingerprint density at radius 3 is 2.56 bits per heavy atom. The molecule has 0 fully saturated rings. The van der Waals surface area contributed by atoms with Crippen LogP contribution in [0.1, 0.15) is 21.5 Å². The Morgan fingerprint density at radius 2 is 1.78 bits per heavy atom. The SMILES string of the molecule is COc1cc(CNC(=O)c2cc(=O)n(C)c3ccccc23)ccc1OCc1ccncc1. The molecule has 0 unspecified atom stereocenters. The third kappa shape index (κ3) is 4.46. The Bertz CT molecular complexity index is 1320. The topological polar surface area (TPSA) is 82.5 Å². The predicted molar refractivity (Wildman–Crippen MR) is 122 cm³/mol. The van der Waals surface area contributed by atoms with Crippen LogP contribution in [-0.4, -0.2) is 22.6 Å². The van der Waals surface area contributed by atoms with Crippen molar-refractivity contribution in [1.82, 2.24) is 14.9 Å². The molecule has 7 nitrogen and oxygen atoms in total. The largest absolute Gasteiger partial charge is 0.493 e. The van der Waals surface area contributed by atoms with Gasteiger partial charge in [-0.15, -0.1) is 0 Å². The Hall–Kier alpha value is -4.13.